The largest absolute Gasteiger partial charge is 0.392 e. The number of hydrogen-bond donors (Lipinski definition) is 2. The molecule has 14 heavy (non-hydrogen) atoms. The van der Waals surface area contributed by atoms with Gasteiger partial charge >= 0.3 is 0 Å². The summed E-state index contributed by atoms with van der Waals surface area (Å²) in [6.45, 7) is 0.720. The van der Waals surface area contributed by atoms with Gasteiger partial charge in [-0.05, 0) is 30.5 Å². The molecule has 0 radical (unpaired) electrons. The molecule has 1 aliphatic heterocycles. The van der Waals surface area contributed by atoms with E-state index in [0.717, 1.165) is 24.4 Å². The van der Waals surface area contributed by atoms with E-state index in [1.807, 2.05) is 24.3 Å². The van der Waals surface area contributed by atoms with Gasteiger partial charge in [0.15, 0.2) is 0 Å². The smallest absolute Gasteiger partial charge is 0.0679 e. The SMILES string of the molecule is OC1CN[C@@H](Cc2ccc(Cl)cc2)C1. The van der Waals surface area contributed by atoms with E-state index in [-0.39, 0.29) is 6.10 Å². The second-order valence-electron chi connectivity index (χ2n) is 3.83. The van der Waals surface area contributed by atoms with E-state index < -0.39 is 0 Å². The van der Waals surface area contributed by atoms with E-state index in [1.165, 1.54) is 5.56 Å². The second-order valence-corrected chi connectivity index (χ2v) is 4.26. The average molecular weight is 212 g/mol. The molecule has 1 aromatic rings. The monoisotopic (exact) mass is 211 g/mol. The molecule has 1 heterocycles. The van der Waals surface area contributed by atoms with Crippen LogP contribution in [0.4, 0.5) is 0 Å². The standard InChI is InChI=1S/C11H14ClNO/c12-9-3-1-8(2-4-9)5-10-6-11(14)7-13-10/h1-4,10-11,13-14H,5-7H2/t10-,11?/m0/s1. The maximum absolute atomic E-state index is 9.34. The molecule has 2 atom stereocenters. The molecular weight excluding hydrogens is 198 g/mol. The first-order valence-electron chi connectivity index (χ1n) is 4.90. The Morgan fingerprint density at radius 1 is 1.36 bits per heavy atom. The lowest BCUT2D eigenvalue weighted by atomic mass is 10.0. The molecule has 0 aromatic heterocycles. The lowest BCUT2D eigenvalue weighted by Crippen LogP contribution is -2.23. The Hall–Kier alpha value is -0.570. The summed E-state index contributed by atoms with van der Waals surface area (Å²) < 4.78 is 0. The fourth-order valence-corrected chi connectivity index (χ4v) is 1.98. The Bertz CT molecular complexity index is 299. The van der Waals surface area contributed by atoms with Crippen LogP contribution in [-0.2, 0) is 6.42 Å². The first-order chi connectivity index (χ1) is 6.74. The molecule has 1 saturated heterocycles. The molecule has 76 valence electrons. The first-order valence-corrected chi connectivity index (χ1v) is 5.28. The van der Waals surface area contributed by atoms with Crippen molar-refractivity contribution in [2.45, 2.75) is 25.0 Å². The second kappa shape index (κ2) is 4.30. The molecule has 1 aromatic carbocycles. The number of nitrogens with one attached hydrogen (secondary N) is 1. The highest BCUT2D eigenvalue weighted by molar-refractivity contribution is 6.30. The van der Waals surface area contributed by atoms with Crippen LogP contribution in [0.5, 0.6) is 0 Å². The zero-order valence-electron chi connectivity index (χ0n) is 7.91. The van der Waals surface area contributed by atoms with Gasteiger partial charge < -0.3 is 10.4 Å². The van der Waals surface area contributed by atoms with E-state index in [0.29, 0.717) is 6.04 Å². The van der Waals surface area contributed by atoms with Crippen molar-refractivity contribution >= 4 is 11.6 Å². The Kier molecular flexibility index (Phi) is 3.06. The van der Waals surface area contributed by atoms with Crippen LogP contribution in [0.25, 0.3) is 0 Å². The fraction of sp³-hybridized carbons (Fsp3) is 0.455. The topological polar surface area (TPSA) is 32.3 Å². The van der Waals surface area contributed by atoms with Crippen molar-refractivity contribution in [1.29, 1.82) is 0 Å². The molecule has 1 unspecified atom stereocenters. The van der Waals surface area contributed by atoms with Crippen LogP contribution in [0.1, 0.15) is 12.0 Å². The van der Waals surface area contributed by atoms with Crippen molar-refractivity contribution in [3.63, 3.8) is 0 Å². The Morgan fingerprint density at radius 3 is 2.64 bits per heavy atom. The summed E-state index contributed by atoms with van der Waals surface area (Å²) in [6.07, 6.45) is 1.64. The lowest BCUT2D eigenvalue weighted by molar-refractivity contribution is 0.193. The van der Waals surface area contributed by atoms with Crippen LogP contribution in [0, 0.1) is 0 Å². The van der Waals surface area contributed by atoms with Crippen molar-refractivity contribution < 1.29 is 5.11 Å². The highest BCUT2D eigenvalue weighted by atomic mass is 35.5. The minimum atomic E-state index is -0.174. The quantitative estimate of drug-likeness (QED) is 0.779. The maximum atomic E-state index is 9.34. The molecule has 2 rings (SSSR count). The highest BCUT2D eigenvalue weighted by Gasteiger charge is 2.21. The van der Waals surface area contributed by atoms with Gasteiger partial charge in [-0.15, -0.1) is 0 Å². The van der Waals surface area contributed by atoms with Gasteiger partial charge in [0.25, 0.3) is 0 Å². The highest BCUT2D eigenvalue weighted by Crippen LogP contribution is 2.15. The summed E-state index contributed by atoms with van der Waals surface area (Å²) in [5, 5.41) is 13.4. The molecule has 3 heteroatoms. The van der Waals surface area contributed by atoms with Crippen LogP contribution >= 0.6 is 11.6 Å². The Labute approximate surface area is 88.9 Å². The van der Waals surface area contributed by atoms with E-state index in [9.17, 15) is 5.11 Å². The van der Waals surface area contributed by atoms with Crippen LogP contribution in [0.3, 0.4) is 0 Å². The molecular formula is C11H14ClNO. The molecule has 0 saturated carbocycles. The molecule has 0 bridgehead atoms. The number of β-amino-alcohol motifs (C(OH)–C–C–N with tert-alkyl or cyclic N) is 1. The number of aliphatic hydroxyl groups is 1. The predicted octanol–water partition coefficient (Wildman–Crippen LogP) is 1.61. The Balaban J connectivity index is 1.94. The fourth-order valence-electron chi connectivity index (χ4n) is 1.86. The van der Waals surface area contributed by atoms with Gasteiger partial charge in [0, 0.05) is 17.6 Å². The first kappa shape index (κ1) is 9.97. The number of hydrogen-bond acceptors (Lipinski definition) is 2. The van der Waals surface area contributed by atoms with E-state index >= 15 is 0 Å². The molecule has 0 aliphatic carbocycles. The maximum Gasteiger partial charge on any atom is 0.0679 e. The van der Waals surface area contributed by atoms with Gasteiger partial charge in [-0.3, -0.25) is 0 Å². The molecule has 2 N–H and O–H groups in total. The third kappa shape index (κ3) is 2.47. The van der Waals surface area contributed by atoms with Gasteiger partial charge in [0.2, 0.25) is 0 Å². The van der Waals surface area contributed by atoms with Crippen LogP contribution in [0.2, 0.25) is 5.02 Å². The molecule has 2 nitrogen and oxygen atoms in total. The predicted molar refractivity (Wildman–Crippen MR) is 57.6 cm³/mol. The van der Waals surface area contributed by atoms with Gasteiger partial charge in [0.05, 0.1) is 6.10 Å². The van der Waals surface area contributed by atoms with Crippen molar-refractivity contribution in [3.8, 4) is 0 Å². The summed E-state index contributed by atoms with van der Waals surface area (Å²) in [6, 6.07) is 8.29. The number of halogens is 1. The van der Waals surface area contributed by atoms with Gasteiger partial charge in [-0.2, -0.15) is 0 Å². The van der Waals surface area contributed by atoms with Gasteiger partial charge in [-0.25, -0.2) is 0 Å². The van der Waals surface area contributed by atoms with Crippen molar-refractivity contribution in [3.05, 3.63) is 34.9 Å². The van der Waals surface area contributed by atoms with Gasteiger partial charge in [-0.1, -0.05) is 23.7 Å². The minimum absolute atomic E-state index is 0.174. The van der Waals surface area contributed by atoms with Crippen LogP contribution in [-0.4, -0.2) is 23.8 Å². The zero-order chi connectivity index (χ0) is 9.97. The summed E-state index contributed by atoms with van der Waals surface area (Å²) in [4.78, 5) is 0. The summed E-state index contributed by atoms with van der Waals surface area (Å²) in [7, 11) is 0. The normalized spacial score (nSPS) is 26.7. The molecule has 0 amide bonds. The molecule has 1 aliphatic rings. The number of benzene rings is 1. The van der Waals surface area contributed by atoms with E-state index in [2.05, 4.69) is 5.32 Å². The van der Waals surface area contributed by atoms with Crippen LogP contribution < -0.4 is 5.32 Å². The van der Waals surface area contributed by atoms with Crippen LogP contribution in [0.15, 0.2) is 24.3 Å². The number of aliphatic hydroxyl groups excluding tert-OH is 1. The van der Waals surface area contributed by atoms with Crippen molar-refractivity contribution in [2.24, 2.45) is 0 Å². The average Bonchev–Trinajstić information content (AvgIpc) is 2.56. The minimum Gasteiger partial charge on any atom is -0.392 e. The van der Waals surface area contributed by atoms with E-state index in [1.54, 1.807) is 0 Å². The zero-order valence-corrected chi connectivity index (χ0v) is 8.67. The van der Waals surface area contributed by atoms with Gasteiger partial charge in [0.1, 0.15) is 0 Å². The molecule has 1 fully saturated rings. The van der Waals surface area contributed by atoms with Crippen molar-refractivity contribution in [2.75, 3.05) is 6.54 Å². The summed E-state index contributed by atoms with van der Waals surface area (Å²) in [5.74, 6) is 0. The Morgan fingerprint density at radius 2 is 2.07 bits per heavy atom. The third-order valence-corrected chi connectivity index (χ3v) is 2.85. The summed E-state index contributed by atoms with van der Waals surface area (Å²) in [5.41, 5.74) is 1.26. The van der Waals surface area contributed by atoms with Crippen molar-refractivity contribution in [1.82, 2.24) is 5.32 Å². The number of rotatable bonds is 2. The molecule has 0 spiro atoms. The lowest BCUT2D eigenvalue weighted by Gasteiger charge is -2.09. The third-order valence-electron chi connectivity index (χ3n) is 2.59. The van der Waals surface area contributed by atoms with E-state index in [4.69, 9.17) is 11.6 Å². The summed E-state index contributed by atoms with van der Waals surface area (Å²) >= 11 is 5.80.